The van der Waals surface area contributed by atoms with Crippen molar-refractivity contribution < 1.29 is 24.2 Å². The molecular formula is C20H25NO5. The minimum absolute atomic E-state index is 0.121. The first-order chi connectivity index (χ1) is 12.5. The number of carboxylic acid groups (broad SMARTS) is 1. The summed E-state index contributed by atoms with van der Waals surface area (Å²) in [4.78, 5) is 35.9. The standard InChI is InChI=1S/C20H25NO5/c22-18(15-26-20(25)7-6-19(23)24)14-17-9-12-21(13-10-17)11-8-16-4-2-1-3-5-16/h1-7,17H,8-15H2,(H,23,24)/b7-6+. The van der Waals surface area contributed by atoms with Crippen molar-refractivity contribution in [3.63, 3.8) is 0 Å². The van der Waals surface area contributed by atoms with Crippen molar-refractivity contribution in [3.8, 4) is 0 Å². The molecule has 6 heteroatoms. The predicted octanol–water partition coefficient (Wildman–Crippen LogP) is 2.08. The number of aliphatic carboxylic acids is 1. The number of ether oxygens (including phenoxy) is 1. The molecule has 1 aromatic rings. The Balaban J connectivity index is 1.61. The fourth-order valence-electron chi connectivity index (χ4n) is 3.07. The topological polar surface area (TPSA) is 83.9 Å². The van der Waals surface area contributed by atoms with E-state index < -0.39 is 11.9 Å². The van der Waals surface area contributed by atoms with Gasteiger partial charge >= 0.3 is 11.9 Å². The van der Waals surface area contributed by atoms with Gasteiger partial charge in [-0.25, -0.2) is 9.59 Å². The number of Topliss-reactive ketones (excluding diaryl/α,β-unsaturated/α-hetero) is 1. The van der Waals surface area contributed by atoms with Crippen molar-refractivity contribution in [2.45, 2.75) is 25.7 Å². The Morgan fingerprint density at radius 1 is 1.12 bits per heavy atom. The van der Waals surface area contributed by atoms with Crippen LogP contribution in [0, 0.1) is 5.92 Å². The Morgan fingerprint density at radius 3 is 2.46 bits per heavy atom. The highest BCUT2D eigenvalue weighted by Crippen LogP contribution is 2.21. The number of rotatable bonds is 9. The van der Waals surface area contributed by atoms with E-state index in [0.29, 0.717) is 18.4 Å². The van der Waals surface area contributed by atoms with E-state index in [0.717, 1.165) is 45.0 Å². The van der Waals surface area contributed by atoms with Crippen LogP contribution in [-0.2, 0) is 25.5 Å². The molecule has 6 nitrogen and oxygen atoms in total. The first-order valence-corrected chi connectivity index (χ1v) is 8.88. The van der Waals surface area contributed by atoms with Gasteiger partial charge in [0.05, 0.1) is 0 Å². The Labute approximate surface area is 153 Å². The Hall–Kier alpha value is -2.47. The Kier molecular flexibility index (Phi) is 8.02. The summed E-state index contributed by atoms with van der Waals surface area (Å²) in [7, 11) is 0. The van der Waals surface area contributed by atoms with Gasteiger partial charge in [-0.05, 0) is 43.8 Å². The quantitative estimate of drug-likeness (QED) is 0.537. The molecule has 2 rings (SSSR count). The molecule has 1 heterocycles. The molecule has 0 atom stereocenters. The molecule has 1 saturated heterocycles. The van der Waals surface area contributed by atoms with E-state index in [-0.39, 0.29) is 12.4 Å². The molecule has 0 aromatic heterocycles. The average Bonchev–Trinajstić information content (AvgIpc) is 2.65. The first-order valence-electron chi connectivity index (χ1n) is 8.88. The van der Waals surface area contributed by atoms with Gasteiger partial charge in [-0.2, -0.15) is 0 Å². The lowest BCUT2D eigenvalue weighted by atomic mass is 9.91. The van der Waals surface area contributed by atoms with E-state index in [1.165, 1.54) is 5.56 Å². The van der Waals surface area contributed by atoms with Crippen molar-refractivity contribution in [2.75, 3.05) is 26.2 Å². The smallest absolute Gasteiger partial charge is 0.331 e. The molecule has 0 bridgehead atoms. The maximum atomic E-state index is 11.9. The maximum absolute atomic E-state index is 11.9. The molecule has 0 saturated carbocycles. The van der Waals surface area contributed by atoms with Crippen LogP contribution in [0.4, 0.5) is 0 Å². The summed E-state index contributed by atoms with van der Waals surface area (Å²) < 4.78 is 4.76. The summed E-state index contributed by atoms with van der Waals surface area (Å²) in [6, 6.07) is 10.4. The van der Waals surface area contributed by atoms with Gasteiger partial charge in [0.25, 0.3) is 0 Å². The third kappa shape index (κ3) is 7.61. The second-order valence-electron chi connectivity index (χ2n) is 6.54. The van der Waals surface area contributed by atoms with Crippen LogP contribution in [0.3, 0.4) is 0 Å². The number of nitrogens with zero attached hydrogens (tertiary/aromatic N) is 1. The molecule has 0 unspecified atom stereocenters. The number of carbonyl (C=O) groups excluding carboxylic acids is 2. The second kappa shape index (κ2) is 10.5. The molecule has 1 N–H and O–H groups in total. The predicted molar refractivity (Wildman–Crippen MR) is 96.7 cm³/mol. The lowest BCUT2D eigenvalue weighted by Crippen LogP contribution is -2.36. The third-order valence-electron chi connectivity index (χ3n) is 4.52. The Bertz CT molecular complexity index is 633. The van der Waals surface area contributed by atoms with Gasteiger partial charge < -0.3 is 14.7 Å². The zero-order valence-corrected chi connectivity index (χ0v) is 14.8. The monoisotopic (exact) mass is 359 g/mol. The number of likely N-dealkylation sites (tertiary alicyclic amines) is 1. The van der Waals surface area contributed by atoms with Crippen LogP contribution in [0.25, 0.3) is 0 Å². The van der Waals surface area contributed by atoms with Gasteiger partial charge in [-0.1, -0.05) is 30.3 Å². The molecule has 1 aromatic carbocycles. The average molecular weight is 359 g/mol. The van der Waals surface area contributed by atoms with Crippen molar-refractivity contribution in [3.05, 3.63) is 48.0 Å². The van der Waals surface area contributed by atoms with Gasteiger partial charge in [-0.15, -0.1) is 0 Å². The highest BCUT2D eigenvalue weighted by atomic mass is 16.5. The first kappa shape index (κ1) is 19.8. The van der Waals surface area contributed by atoms with E-state index in [1.807, 2.05) is 6.07 Å². The Morgan fingerprint density at radius 2 is 1.81 bits per heavy atom. The number of esters is 1. The van der Waals surface area contributed by atoms with Crippen molar-refractivity contribution >= 4 is 17.7 Å². The van der Waals surface area contributed by atoms with E-state index in [2.05, 4.69) is 29.2 Å². The fraction of sp³-hybridized carbons (Fsp3) is 0.450. The zero-order chi connectivity index (χ0) is 18.8. The van der Waals surface area contributed by atoms with Crippen molar-refractivity contribution in [1.29, 1.82) is 0 Å². The fourth-order valence-corrected chi connectivity index (χ4v) is 3.07. The minimum atomic E-state index is -1.23. The summed E-state index contributed by atoms with van der Waals surface area (Å²) in [6.07, 6.45) is 4.87. The van der Waals surface area contributed by atoms with Gasteiger partial charge in [0.15, 0.2) is 5.78 Å². The van der Waals surface area contributed by atoms with Crippen LogP contribution in [0.2, 0.25) is 0 Å². The summed E-state index contributed by atoms with van der Waals surface area (Å²) in [5.41, 5.74) is 1.34. The van der Waals surface area contributed by atoms with Gasteiger partial charge in [0, 0.05) is 25.1 Å². The van der Waals surface area contributed by atoms with Crippen LogP contribution < -0.4 is 0 Å². The number of benzene rings is 1. The van der Waals surface area contributed by atoms with Crippen LogP contribution in [0.1, 0.15) is 24.8 Å². The molecule has 1 aliphatic heterocycles. The van der Waals surface area contributed by atoms with Gasteiger partial charge in [-0.3, -0.25) is 4.79 Å². The molecule has 0 aliphatic carbocycles. The third-order valence-corrected chi connectivity index (χ3v) is 4.52. The van der Waals surface area contributed by atoms with Crippen molar-refractivity contribution in [2.24, 2.45) is 5.92 Å². The lowest BCUT2D eigenvalue weighted by molar-refractivity contribution is -0.143. The van der Waals surface area contributed by atoms with Crippen LogP contribution in [0.15, 0.2) is 42.5 Å². The van der Waals surface area contributed by atoms with E-state index in [4.69, 9.17) is 9.84 Å². The second-order valence-corrected chi connectivity index (χ2v) is 6.54. The zero-order valence-electron chi connectivity index (χ0n) is 14.8. The largest absolute Gasteiger partial charge is 0.478 e. The van der Waals surface area contributed by atoms with Crippen LogP contribution in [-0.4, -0.2) is 54.0 Å². The molecule has 0 spiro atoms. The van der Waals surface area contributed by atoms with E-state index >= 15 is 0 Å². The number of piperidine rings is 1. The van der Waals surface area contributed by atoms with E-state index in [1.54, 1.807) is 0 Å². The van der Waals surface area contributed by atoms with E-state index in [9.17, 15) is 14.4 Å². The normalized spacial score (nSPS) is 15.8. The number of carbonyl (C=O) groups is 3. The van der Waals surface area contributed by atoms with Crippen molar-refractivity contribution in [1.82, 2.24) is 4.90 Å². The molecule has 0 radical (unpaired) electrons. The number of hydrogen-bond acceptors (Lipinski definition) is 5. The SMILES string of the molecule is O=C(O)/C=C/C(=O)OCC(=O)CC1CCN(CCc2ccccc2)CC1. The molecule has 1 aliphatic rings. The molecule has 1 fully saturated rings. The summed E-state index contributed by atoms with van der Waals surface area (Å²) in [5, 5.41) is 8.41. The number of ketones is 1. The molecule has 140 valence electrons. The van der Waals surface area contributed by atoms with Crippen LogP contribution >= 0.6 is 0 Å². The maximum Gasteiger partial charge on any atom is 0.331 e. The number of carboxylic acids is 1. The van der Waals surface area contributed by atoms with Gasteiger partial charge in [0.1, 0.15) is 6.61 Å². The minimum Gasteiger partial charge on any atom is -0.478 e. The van der Waals surface area contributed by atoms with Crippen LogP contribution in [0.5, 0.6) is 0 Å². The highest BCUT2D eigenvalue weighted by molar-refractivity contribution is 5.92. The summed E-state index contributed by atoms with van der Waals surface area (Å²) in [5.74, 6) is -1.84. The number of hydrogen-bond donors (Lipinski definition) is 1. The highest BCUT2D eigenvalue weighted by Gasteiger charge is 2.21. The molecular weight excluding hydrogens is 334 g/mol. The molecule has 26 heavy (non-hydrogen) atoms. The summed E-state index contributed by atoms with van der Waals surface area (Å²) in [6.45, 7) is 2.69. The lowest BCUT2D eigenvalue weighted by Gasteiger charge is -2.31. The molecule has 0 amide bonds. The van der Waals surface area contributed by atoms with Gasteiger partial charge in [0.2, 0.25) is 0 Å². The summed E-state index contributed by atoms with van der Waals surface area (Å²) >= 11 is 0.